The summed E-state index contributed by atoms with van der Waals surface area (Å²) < 4.78 is 25.1. The van der Waals surface area contributed by atoms with Crippen LogP contribution in [0.15, 0.2) is 60.0 Å². The Kier molecular flexibility index (Phi) is 7.17. The summed E-state index contributed by atoms with van der Waals surface area (Å²) in [5.41, 5.74) is 6.98. The lowest BCUT2D eigenvalue weighted by molar-refractivity contribution is -0.119. The van der Waals surface area contributed by atoms with Crippen LogP contribution in [0.1, 0.15) is 33.7 Å². The fraction of sp³-hybridized carbons (Fsp3) is 0.154. The van der Waals surface area contributed by atoms with Crippen LogP contribution in [0.2, 0.25) is 0 Å². The molecular formula is C26H21FN2O5S. The van der Waals surface area contributed by atoms with Crippen molar-refractivity contribution in [3.63, 3.8) is 0 Å². The van der Waals surface area contributed by atoms with Crippen LogP contribution in [-0.4, -0.2) is 36.2 Å². The molecule has 0 aliphatic carbocycles. The van der Waals surface area contributed by atoms with Crippen molar-refractivity contribution in [1.29, 1.82) is 0 Å². The van der Waals surface area contributed by atoms with Gasteiger partial charge in [-0.3, -0.25) is 14.4 Å². The lowest BCUT2D eigenvalue weighted by atomic mass is 10.0. The predicted molar refractivity (Wildman–Crippen MR) is 131 cm³/mol. The van der Waals surface area contributed by atoms with E-state index in [1.54, 1.807) is 24.3 Å². The number of ketones is 2. The molecule has 4 rings (SSSR count). The van der Waals surface area contributed by atoms with Crippen LogP contribution >= 0.6 is 11.3 Å². The van der Waals surface area contributed by atoms with E-state index in [9.17, 15) is 18.8 Å². The third-order valence-corrected chi connectivity index (χ3v) is 6.30. The monoisotopic (exact) mass is 492 g/mol. The number of benzene rings is 2. The molecule has 2 aromatic heterocycles. The van der Waals surface area contributed by atoms with Gasteiger partial charge in [-0.15, -0.1) is 11.3 Å². The molecule has 0 spiro atoms. The van der Waals surface area contributed by atoms with E-state index in [1.807, 2.05) is 11.4 Å². The summed E-state index contributed by atoms with van der Waals surface area (Å²) >= 11 is 1.28. The van der Waals surface area contributed by atoms with Crippen LogP contribution in [0.5, 0.6) is 11.5 Å². The van der Waals surface area contributed by atoms with E-state index in [-0.39, 0.29) is 54.0 Å². The third-order valence-electron chi connectivity index (χ3n) is 5.30. The fourth-order valence-corrected chi connectivity index (χ4v) is 4.54. The number of rotatable bonds is 10. The number of methoxy groups -OCH3 is 1. The van der Waals surface area contributed by atoms with Crippen LogP contribution in [0.3, 0.4) is 0 Å². The van der Waals surface area contributed by atoms with Crippen molar-refractivity contribution in [1.82, 2.24) is 4.98 Å². The molecule has 0 bridgehead atoms. The Balaban J connectivity index is 1.46. The van der Waals surface area contributed by atoms with Gasteiger partial charge in [-0.2, -0.15) is 0 Å². The van der Waals surface area contributed by atoms with Gasteiger partial charge in [-0.25, -0.2) is 9.37 Å². The van der Waals surface area contributed by atoms with E-state index in [0.29, 0.717) is 16.0 Å². The molecule has 0 fully saturated rings. The smallest absolute Gasteiger partial charge is 0.255 e. The molecule has 7 nitrogen and oxygen atoms in total. The fourth-order valence-electron chi connectivity index (χ4n) is 3.57. The molecule has 2 N–H and O–H groups in total. The molecule has 0 aliphatic rings. The topological polar surface area (TPSA) is 109 Å². The number of aromatic nitrogens is 1. The Bertz CT molecular complexity index is 1430. The predicted octanol–water partition coefficient (Wildman–Crippen LogP) is 4.82. The van der Waals surface area contributed by atoms with Crippen molar-refractivity contribution in [2.24, 2.45) is 5.73 Å². The number of Topliss-reactive ketones (excluding diaryl/α,β-unsaturated/α-hetero) is 2. The molecule has 0 unspecified atom stereocenters. The lowest BCUT2D eigenvalue weighted by Gasteiger charge is -2.11. The van der Waals surface area contributed by atoms with Gasteiger partial charge in [0.25, 0.3) is 5.91 Å². The summed E-state index contributed by atoms with van der Waals surface area (Å²) in [5.74, 6) is -0.915. The van der Waals surface area contributed by atoms with Crippen LogP contribution in [0.25, 0.3) is 21.3 Å². The first-order valence-electron chi connectivity index (χ1n) is 10.7. The minimum atomic E-state index is -0.636. The summed E-state index contributed by atoms with van der Waals surface area (Å²) in [6, 6.07) is 14.5. The van der Waals surface area contributed by atoms with Gasteiger partial charge in [0.05, 0.1) is 17.5 Å². The van der Waals surface area contributed by atoms with Gasteiger partial charge < -0.3 is 15.2 Å². The Morgan fingerprint density at radius 1 is 1.00 bits per heavy atom. The number of halogens is 1. The first kappa shape index (κ1) is 24.0. The summed E-state index contributed by atoms with van der Waals surface area (Å²) in [4.78, 5) is 40.9. The number of thiophene rings is 1. The first-order chi connectivity index (χ1) is 16.9. The van der Waals surface area contributed by atoms with Crippen LogP contribution in [-0.2, 0) is 4.79 Å². The van der Waals surface area contributed by atoms with E-state index in [4.69, 9.17) is 15.2 Å². The Hall–Kier alpha value is -4.11. The maximum atomic E-state index is 14.0. The number of hydrogen-bond donors (Lipinski definition) is 1. The van der Waals surface area contributed by atoms with Crippen molar-refractivity contribution >= 4 is 38.9 Å². The number of ether oxygens (including phenoxy) is 2. The molecule has 35 heavy (non-hydrogen) atoms. The van der Waals surface area contributed by atoms with E-state index in [2.05, 4.69) is 4.98 Å². The minimum Gasteiger partial charge on any atom is -0.493 e. The number of carbonyl (C=O) groups excluding carboxylic acids is 3. The van der Waals surface area contributed by atoms with Crippen molar-refractivity contribution in [2.75, 3.05) is 13.7 Å². The van der Waals surface area contributed by atoms with Crippen LogP contribution in [0.4, 0.5) is 4.39 Å². The van der Waals surface area contributed by atoms with Crippen LogP contribution in [0, 0.1) is 5.82 Å². The van der Waals surface area contributed by atoms with E-state index in [1.165, 1.54) is 42.7 Å². The average Bonchev–Trinajstić information content (AvgIpc) is 3.31. The highest BCUT2D eigenvalue weighted by Crippen LogP contribution is 2.34. The number of primary amides is 1. The molecule has 9 heteroatoms. The van der Waals surface area contributed by atoms with Crippen LogP contribution < -0.4 is 15.2 Å². The Labute approximate surface area is 204 Å². The zero-order valence-electron chi connectivity index (χ0n) is 18.7. The first-order valence-corrected chi connectivity index (χ1v) is 11.5. The molecule has 2 aromatic carbocycles. The van der Waals surface area contributed by atoms with Crippen molar-refractivity contribution in [2.45, 2.75) is 12.8 Å². The number of nitrogens with two attached hydrogens (primary N) is 1. The second kappa shape index (κ2) is 10.4. The number of pyridine rings is 1. The van der Waals surface area contributed by atoms with Gasteiger partial charge in [0.2, 0.25) is 0 Å². The summed E-state index contributed by atoms with van der Waals surface area (Å²) in [6.07, 6.45) is -0.0570. The highest BCUT2D eigenvalue weighted by Gasteiger charge is 2.17. The molecular weight excluding hydrogens is 471 g/mol. The highest BCUT2D eigenvalue weighted by atomic mass is 32.1. The quantitative estimate of drug-likeness (QED) is 0.318. The number of carbonyl (C=O) groups is 3. The van der Waals surface area contributed by atoms with Gasteiger partial charge in [-0.1, -0.05) is 18.2 Å². The number of fused-ring (bicyclic) bond motifs is 1. The minimum absolute atomic E-state index is 0.0258. The molecule has 2 heterocycles. The molecule has 0 saturated heterocycles. The van der Waals surface area contributed by atoms with Crippen molar-refractivity contribution < 1.29 is 28.2 Å². The normalized spacial score (nSPS) is 10.8. The average molecular weight is 493 g/mol. The van der Waals surface area contributed by atoms with E-state index in [0.717, 1.165) is 10.9 Å². The van der Waals surface area contributed by atoms with Gasteiger partial charge >= 0.3 is 0 Å². The zero-order valence-corrected chi connectivity index (χ0v) is 19.6. The number of amides is 1. The summed E-state index contributed by atoms with van der Waals surface area (Å²) in [6.45, 7) is -0.319. The maximum Gasteiger partial charge on any atom is 0.255 e. The molecule has 4 aromatic rings. The molecule has 1 amide bonds. The lowest BCUT2D eigenvalue weighted by Crippen LogP contribution is -2.20. The Morgan fingerprint density at radius 3 is 2.54 bits per heavy atom. The zero-order chi connectivity index (χ0) is 24.9. The largest absolute Gasteiger partial charge is 0.493 e. The SMILES string of the molecule is COc1cc(C(=O)CCC(=O)c2cccc(-c3csc4c(F)cccc34)n2)ccc1OCC(N)=O. The molecule has 0 atom stereocenters. The van der Waals surface area contributed by atoms with Crippen molar-refractivity contribution in [3.8, 4) is 22.8 Å². The van der Waals surface area contributed by atoms with Gasteiger partial charge in [0, 0.05) is 34.7 Å². The Morgan fingerprint density at radius 2 is 1.77 bits per heavy atom. The second-order valence-electron chi connectivity index (χ2n) is 7.64. The van der Waals surface area contributed by atoms with Gasteiger partial charge in [-0.05, 0) is 36.4 Å². The number of nitrogens with zero attached hydrogens (tertiary/aromatic N) is 1. The van der Waals surface area contributed by atoms with E-state index >= 15 is 0 Å². The van der Waals surface area contributed by atoms with Gasteiger partial charge in [0.15, 0.2) is 29.7 Å². The third kappa shape index (κ3) is 5.36. The molecule has 178 valence electrons. The van der Waals surface area contributed by atoms with Gasteiger partial charge in [0.1, 0.15) is 11.5 Å². The highest BCUT2D eigenvalue weighted by molar-refractivity contribution is 7.17. The van der Waals surface area contributed by atoms with Crippen molar-refractivity contribution in [3.05, 3.63) is 77.1 Å². The molecule has 0 saturated carbocycles. The summed E-state index contributed by atoms with van der Waals surface area (Å²) in [5, 5.41) is 2.55. The molecule has 0 radical (unpaired) electrons. The number of hydrogen-bond acceptors (Lipinski definition) is 7. The molecule has 0 aliphatic heterocycles. The summed E-state index contributed by atoms with van der Waals surface area (Å²) in [7, 11) is 1.41. The maximum absolute atomic E-state index is 14.0. The second-order valence-corrected chi connectivity index (χ2v) is 8.52. The standard InChI is InChI=1S/C26H21FN2O5S/c1-33-24-12-15(8-11-23(24)34-13-25(28)32)21(30)9-10-22(31)20-7-3-6-19(29-20)17-14-35-26-16(17)4-2-5-18(26)27/h2-8,11-12,14H,9-10,13H2,1H3,(H2,28,32). The van der Waals surface area contributed by atoms with E-state index < -0.39 is 5.91 Å².